The summed E-state index contributed by atoms with van der Waals surface area (Å²) in [5, 5.41) is 11.0. The predicted molar refractivity (Wildman–Crippen MR) is 80.4 cm³/mol. The molecule has 1 unspecified atom stereocenters. The molecule has 1 aliphatic rings. The molecule has 0 spiro atoms. The van der Waals surface area contributed by atoms with Crippen LogP contribution in [0.3, 0.4) is 0 Å². The Balaban J connectivity index is 0.00000200. The predicted octanol–water partition coefficient (Wildman–Crippen LogP) is 1.46. The van der Waals surface area contributed by atoms with Crippen molar-refractivity contribution in [2.24, 2.45) is 0 Å². The lowest BCUT2D eigenvalue weighted by Gasteiger charge is -2.29. The van der Waals surface area contributed by atoms with Crippen molar-refractivity contribution in [3.05, 3.63) is 21.9 Å². The molecule has 0 aliphatic carbocycles. The number of rotatable bonds is 4. The summed E-state index contributed by atoms with van der Waals surface area (Å²) in [7, 11) is 1.66. The van der Waals surface area contributed by atoms with Gasteiger partial charge < -0.3 is 10.0 Å². The second-order valence-electron chi connectivity index (χ2n) is 4.86. The van der Waals surface area contributed by atoms with Gasteiger partial charge in [0.05, 0.1) is 6.54 Å². The number of hydrogen-bond donors (Lipinski definition) is 1. The molecule has 2 rings (SSSR count). The maximum atomic E-state index is 12.2. The van der Waals surface area contributed by atoms with E-state index in [1.54, 1.807) is 35.1 Å². The maximum absolute atomic E-state index is 12.2. The molecule has 1 atom stereocenters. The second kappa shape index (κ2) is 7.06. The largest absolute Gasteiger partial charge is 0.480 e. The highest BCUT2D eigenvalue weighted by molar-refractivity contribution is 7.10. The first-order valence-corrected chi connectivity index (χ1v) is 7.13. The first-order chi connectivity index (χ1) is 8.99. The van der Waals surface area contributed by atoms with Gasteiger partial charge in [0.2, 0.25) is 5.91 Å². The molecule has 7 heteroatoms. The minimum Gasteiger partial charge on any atom is -0.480 e. The van der Waals surface area contributed by atoms with E-state index in [9.17, 15) is 9.59 Å². The molecule has 0 saturated heterocycles. The average molecular weight is 319 g/mol. The number of hydrogen-bond acceptors (Lipinski definition) is 4. The van der Waals surface area contributed by atoms with E-state index in [0.29, 0.717) is 6.54 Å². The van der Waals surface area contributed by atoms with Gasteiger partial charge in [-0.3, -0.25) is 14.5 Å². The highest BCUT2D eigenvalue weighted by Crippen LogP contribution is 2.24. The molecule has 0 aromatic carbocycles. The van der Waals surface area contributed by atoms with Gasteiger partial charge in [-0.1, -0.05) is 0 Å². The Morgan fingerprint density at radius 3 is 2.90 bits per heavy atom. The maximum Gasteiger partial charge on any atom is 0.320 e. The van der Waals surface area contributed by atoms with Gasteiger partial charge in [0.1, 0.15) is 6.04 Å². The molecule has 5 nitrogen and oxygen atoms in total. The number of halogens is 1. The Morgan fingerprint density at radius 2 is 2.25 bits per heavy atom. The molecule has 0 fully saturated rings. The van der Waals surface area contributed by atoms with Crippen LogP contribution in [0.2, 0.25) is 0 Å². The lowest BCUT2D eigenvalue weighted by atomic mass is 10.1. The van der Waals surface area contributed by atoms with Gasteiger partial charge in [0.25, 0.3) is 0 Å². The lowest BCUT2D eigenvalue weighted by Crippen LogP contribution is -2.45. The number of fused-ring (bicyclic) bond motifs is 1. The van der Waals surface area contributed by atoms with Gasteiger partial charge in [-0.15, -0.1) is 23.7 Å². The minimum atomic E-state index is -0.908. The quantitative estimate of drug-likeness (QED) is 0.913. The van der Waals surface area contributed by atoms with Crippen LogP contribution in [0.4, 0.5) is 0 Å². The molecular formula is C13H19ClN2O3S. The third kappa shape index (κ3) is 3.71. The summed E-state index contributed by atoms with van der Waals surface area (Å²) in [6.07, 6.45) is 0.900. The molecule has 1 aromatic heterocycles. The molecule has 1 aliphatic heterocycles. The molecule has 1 amide bonds. The topological polar surface area (TPSA) is 60.9 Å². The minimum absolute atomic E-state index is 0. The number of carboxylic acid groups (broad SMARTS) is 1. The monoisotopic (exact) mass is 318 g/mol. The third-order valence-corrected chi connectivity index (χ3v) is 4.59. The summed E-state index contributed by atoms with van der Waals surface area (Å²) < 4.78 is 0. The van der Waals surface area contributed by atoms with Crippen molar-refractivity contribution in [3.63, 3.8) is 0 Å². The fourth-order valence-corrected chi connectivity index (χ4v) is 2.99. The number of likely N-dealkylation sites (N-methyl/N-ethyl adjacent to an activating group) is 1. The number of carbonyl (C=O) groups is 2. The normalized spacial score (nSPS) is 15.4. The van der Waals surface area contributed by atoms with Crippen LogP contribution in [-0.2, 0) is 22.6 Å². The van der Waals surface area contributed by atoms with Crippen LogP contribution in [-0.4, -0.2) is 53.0 Å². The Kier molecular flexibility index (Phi) is 5.98. The molecule has 1 aromatic rings. The molecule has 0 radical (unpaired) electrons. The van der Waals surface area contributed by atoms with Crippen molar-refractivity contribution >= 4 is 35.6 Å². The molecule has 20 heavy (non-hydrogen) atoms. The first-order valence-electron chi connectivity index (χ1n) is 6.25. The summed E-state index contributed by atoms with van der Waals surface area (Å²) in [4.78, 5) is 27.8. The van der Waals surface area contributed by atoms with Crippen LogP contribution in [0.1, 0.15) is 17.4 Å². The van der Waals surface area contributed by atoms with Gasteiger partial charge in [-0.05, 0) is 37.4 Å². The van der Waals surface area contributed by atoms with E-state index in [-0.39, 0.29) is 24.9 Å². The third-order valence-electron chi connectivity index (χ3n) is 3.56. The van der Waals surface area contributed by atoms with Crippen LogP contribution in [0.5, 0.6) is 0 Å². The molecule has 112 valence electrons. The second-order valence-corrected chi connectivity index (χ2v) is 5.86. The first kappa shape index (κ1) is 16.9. The van der Waals surface area contributed by atoms with Crippen molar-refractivity contribution in [3.8, 4) is 0 Å². The van der Waals surface area contributed by atoms with Gasteiger partial charge in [0, 0.05) is 18.0 Å². The number of nitrogens with zero attached hydrogens (tertiary/aromatic N) is 2. The van der Waals surface area contributed by atoms with E-state index in [4.69, 9.17) is 5.11 Å². The number of aliphatic carboxylic acids is 1. The van der Waals surface area contributed by atoms with E-state index in [0.717, 1.165) is 13.0 Å². The zero-order valence-corrected chi connectivity index (χ0v) is 13.2. The molecule has 1 N–H and O–H groups in total. The van der Waals surface area contributed by atoms with E-state index >= 15 is 0 Å². The van der Waals surface area contributed by atoms with Crippen LogP contribution in [0.25, 0.3) is 0 Å². The smallest absolute Gasteiger partial charge is 0.320 e. The van der Waals surface area contributed by atoms with E-state index in [1.165, 1.54) is 10.4 Å². The standard InChI is InChI=1S/C13H18N2O3S.ClH/c1-9(13(17)18)14(2)8-12(16)15-5-3-11-10(7-15)4-6-19-11;/h4,6,9H,3,5,7-8H2,1-2H3,(H,17,18);1H. The number of thiophene rings is 1. The SMILES string of the molecule is CC(C(=O)O)N(C)CC(=O)N1CCc2sccc2C1.Cl. The van der Waals surface area contributed by atoms with Crippen molar-refractivity contribution in [2.75, 3.05) is 20.1 Å². The summed E-state index contributed by atoms with van der Waals surface area (Å²) in [6, 6.07) is 1.41. The van der Waals surface area contributed by atoms with Gasteiger partial charge >= 0.3 is 5.97 Å². The summed E-state index contributed by atoms with van der Waals surface area (Å²) in [5.74, 6) is -0.915. The number of amides is 1. The van der Waals surface area contributed by atoms with Crippen molar-refractivity contribution < 1.29 is 14.7 Å². The Hall–Kier alpha value is -1.11. The molecule has 0 bridgehead atoms. The van der Waals surface area contributed by atoms with Crippen LogP contribution in [0.15, 0.2) is 11.4 Å². The molecule has 0 saturated carbocycles. The van der Waals surface area contributed by atoms with Gasteiger partial charge in [-0.2, -0.15) is 0 Å². The fourth-order valence-electron chi connectivity index (χ4n) is 2.10. The Labute approximate surface area is 128 Å². The van der Waals surface area contributed by atoms with Crippen LogP contribution in [0, 0.1) is 0 Å². The lowest BCUT2D eigenvalue weighted by molar-refractivity contribution is -0.143. The highest BCUT2D eigenvalue weighted by atomic mass is 35.5. The van der Waals surface area contributed by atoms with E-state index in [2.05, 4.69) is 11.4 Å². The molecular weight excluding hydrogens is 300 g/mol. The zero-order chi connectivity index (χ0) is 14.0. The Bertz CT molecular complexity index is 492. The van der Waals surface area contributed by atoms with Gasteiger partial charge in [-0.25, -0.2) is 0 Å². The zero-order valence-electron chi connectivity index (χ0n) is 11.5. The van der Waals surface area contributed by atoms with Crippen LogP contribution < -0.4 is 0 Å². The fraction of sp³-hybridized carbons (Fsp3) is 0.538. The average Bonchev–Trinajstić information content (AvgIpc) is 2.84. The van der Waals surface area contributed by atoms with Crippen molar-refractivity contribution in [1.29, 1.82) is 0 Å². The van der Waals surface area contributed by atoms with Crippen LogP contribution >= 0.6 is 23.7 Å². The number of carbonyl (C=O) groups excluding carboxylic acids is 1. The van der Waals surface area contributed by atoms with Crippen molar-refractivity contribution in [1.82, 2.24) is 9.80 Å². The summed E-state index contributed by atoms with van der Waals surface area (Å²) >= 11 is 1.74. The van der Waals surface area contributed by atoms with E-state index < -0.39 is 12.0 Å². The highest BCUT2D eigenvalue weighted by Gasteiger charge is 2.25. The van der Waals surface area contributed by atoms with E-state index in [1.807, 2.05) is 0 Å². The summed E-state index contributed by atoms with van der Waals surface area (Å²) in [5.41, 5.74) is 1.22. The summed E-state index contributed by atoms with van der Waals surface area (Å²) in [6.45, 7) is 3.10. The number of carboxylic acids is 1. The van der Waals surface area contributed by atoms with Crippen molar-refractivity contribution in [2.45, 2.75) is 25.9 Å². The van der Waals surface area contributed by atoms with Gasteiger partial charge in [0.15, 0.2) is 0 Å². The molecule has 2 heterocycles. The Morgan fingerprint density at radius 1 is 1.55 bits per heavy atom.